The molecule has 0 bridgehead atoms. The summed E-state index contributed by atoms with van der Waals surface area (Å²) < 4.78 is 15.5. The Balaban J connectivity index is 1.87. The summed E-state index contributed by atoms with van der Waals surface area (Å²) in [5.74, 6) is 0.273. The summed E-state index contributed by atoms with van der Waals surface area (Å²) in [7, 11) is 1.54. The first-order valence-corrected chi connectivity index (χ1v) is 7.51. The van der Waals surface area contributed by atoms with Crippen molar-refractivity contribution in [3.05, 3.63) is 65.4 Å². The second-order valence-electron chi connectivity index (χ2n) is 5.20. The zero-order valence-corrected chi connectivity index (χ0v) is 13.7. The van der Waals surface area contributed by atoms with Gasteiger partial charge in [-0.1, -0.05) is 24.3 Å². The average molecular weight is 337 g/mol. The third kappa shape index (κ3) is 3.74. The summed E-state index contributed by atoms with van der Waals surface area (Å²) in [6.45, 7) is 1.33. The van der Waals surface area contributed by atoms with Crippen molar-refractivity contribution in [3.8, 4) is 11.5 Å². The first kappa shape index (κ1) is 16.4. The molecule has 3 rings (SSSR count). The number of carbonyl (C=O) groups excluding carboxylic acids is 2. The molecule has 2 aromatic rings. The smallest absolute Gasteiger partial charge is 0.363 e. The number of rotatable bonds is 4. The molecule has 0 amide bonds. The van der Waals surface area contributed by atoms with Crippen molar-refractivity contribution in [2.75, 3.05) is 7.11 Å². The normalized spacial score (nSPS) is 14.9. The summed E-state index contributed by atoms with van der Waals surface area (Å²) in [6.07, 6.45) is 1.60. The molecule has 1 aliphatic heterocycles. The molecule has 1 heterocycles. The van der Waals surface area contributed by atoms with E-state index in [1.54, 1.807) is 42.5 Å². The predicted molar refractivity (Wildman–Crippen MR) is 91.4 cm³/mol. The van der Waals surface area contributed by atoms with Crippen LogP contribution in [0.15, 0.2) is 59.2 Å². The summed E-state index contributed by atoms with van der Waals surface area (Å²) in [4.78, 5) is 27.2. The number of hydrogen-bond donors (Lipinski definition) is 0. The summed E-state index contributed by atoms with van der Waals surface area (Å²) in [5, 5.41) is 0. The summed E-state index contributed by atoms with van der Waals surface area (Å²) in [6, 6.07) is 13.9. The number of aliphatic imine (C=N–C) groups is 1. The number of hydrogen-bond acceptors (Lipinski definition) is 6. The molecular formula is C19H15NO5. The van der Waals surface area contributed by atoms with Gasteiger partial charge in [-0.25, -0.2) is 9.79 Å². The number of methoxy groups -OCH3 is 1. The molecule has 0 saturated heterocycles. The highest BCUT2D eigenvalue weighted by molar-refractivity contribution is 6.13. The van der Waals surface area contributed by atoms with E-state index in [0.717, 1.165) is 5.56 Å². The topological polar surface area (TPSA) is 74.2 Å². The number of para-hydroxylation sites is 1. The van der Waals surface area contributed by atoms with E-state index in [1.165, 1.54) is 14.0 Å². The average Bonchev–Trinajstić information content (AvgIpc) is 2.96. The van der Waals surface area contributed by atoms with Gasteiger partial charge >= 0.3 is 11.9 Å². The van der Waals surface area contributed by atoms with Gasteiger partial charge in [-0.05, 0) is 35.9 Å². The van der Waals surface area contributed by atoms with Crippen LogP contribution in [0.5, 0.6) is 11.5 Å². The van der Waals surface area contributed by atoms with Crippen LogP contribution >= 0.6 is 0 Å². The van der Waals surface area contributed by atoms with Gasteiger partial charge in [-0.15, -0.1) is 0 Å². The van der Waals surface area contributed by atoms with E-state index in [9.17, 15) is 9.59 Å². The molecule has 6 nitrogen and oxygen atoms in total. The van der Waals surface area contributed by atoms with Crippen LogP contribution in [-0.4, -0.2) is 24.9 Å². The van der Waals surface area contributed by atoms with Crippen molar-refractivity contribution >= 4 is 23.9 Å². The number of nitrogens with zero attached hydrogens (tertiary/aromatic N) is 1. The molecule has 0 saturated carbocycles. The fourth-order valence-corrected chi connectivity index (χ4v) is 2.30. The maximum Gasteiger partial charge on any atom is 0.363 e. The largest absolute Gasteiger partial charge is 0.496 e. The highest BCUT2D eigenvalue weighted by Crippen LogP contribution is 2.25. The lowest BCUT2D eigenvalue weighted by Gasteiger charge is -2.05. The van der Waals surface area contributed by atoms with Gasteiger partial charge in [0.05, 0.1) is 12.7 Å². The zero-order valence-electron chi connectivity index (χ0n) is 13.7. The van der Waals surface area contributed by atoms with Crippen LogP contribution in [0, 0.1) is 0 Å². The SMILES string of the molecule is COc1ccccc1C1=N/C(=C\c2ccc(OC(C)=O)cc2)C(=O)O1. The van der Waals surface area contributed by atoms with Crippen LogP contribution in [0.25, 0.3) is 6.08 Å². The van der Waals surface area contributed by atoms with Crippen molar-refractivity contribution in [2.45, 2.75) is 6.92 Å². The third-order valence-electron chi connectivity index (χ3n) is 3.40. The van der Waals surface area contributed by atoms with Crippen molar-refractivity contribution in [1.29, 1.82) is 0 Å². The number of benzene rings is 2. The molecule has 0 N–H and O–H groups in total. The first-order valence-electron chi connectivity index (χ1n) is 7.51. The Labute approximate surface area is 144 Å². The van der Waals surface area contributed by atoms with Gasteiger partial charge in [0.15, 0.2) is 5.70 Å². The van der Waals surface area contributed by atoms with E-state index >= 15 is 0 Å². The van der Waals surface area contributed by atoms with Gasteiger partial charge in [0.1, 0.15) is 11.5 Å². The van der Waals surface area contributed by atoms with E-state index in [0.29, 0.717) is 17.1 Å². The van der Waals surface area contributed by atoms with E-state index in [2.05, 4.69) is 4.99 Å². The number of ether oxygens (including phenoxy) is 3. The predicted octanol–water partition coefficient (Wildman–Crippen LogP) is 2.97. The maximum absolute atomic E-state index is 12.1. The quantitative estimate of drug-likeness (QED) is 0.487. The lowest BCUT2D eigenvalue weighted by Crippen LogP contribution is -2.06. The minimum absolute atomic E-state index is 0.182. The molecule has 6 heteroatoms. The highest BCUT2D eigenvalue weighted by atomic mass is 16.6. The van der Waals surface area contributed by atoms with Crippen LogP contribution in [0.1, 0.15) is 18.1 Å². The molecule has 0 fully saturated rings. The Kier molecular flexibility index (Phi) is 4.61. The Morgan fingerprint density at radius 3 is 2.52 bits per heavy atom. The van der Waals surface area contributed by atoms with Gasteiger partial charge in [0.25, 0.3) is 0 Å². The Hall–Kier alpha value is -3.41. The molecule has 0 unspecified atom stereocenters. The standard InChI is InChI=1S/C19H15NO5/c1-12(21)24-14-9-7-13(8-10-14)11-16-19(22)25-18(20-16)15-5-3-4-6-17(15)23-2/h3-11H,1-2H3/b16-11-. The van der Waals surface area contributed by atoms with Crippen LogP contribution in [0.3, 0.4) is 0 Å². The maximum atomic E-state index is 12.1. The molecule has 126 valence electrons. The molecule has 25 heavy (non-hydrogen) atoms. The van der Waals surface area contributed by atoms with Crippen LogP contribution in [-0.2, 0) is 14.3 Å². The number of cyclic esters (lactones) is 1. The van der Waals surface area contributed by atoms with E-state index < -0.39 is 11.9 Å². The molecule has 0 radical (unpaired) electrons. The molecular weight excluding hydrogens is 322 g/mol. The van der Waals surface area contributed by atoms with Gasteiger partial charge in [-0.3, -0.25) is 4.79 Å². The molecule has 0 atom stereocenters. The lowest BCUT2D eigenvalue weighted by atomic mass is 10.2. The third-order valence-corrected chi connectivity index (χ3v) is 3.40. The van der Waals surface area contributed by atoms with Gasteiger partial charge in [0, 0.05) is 6.92 Å². The Morgan fingerprint density at radius 1 is 1.12 bits per heavy atom. The van der Waals surface area contributed by atoms with E-state index in [4.69, 9.17) is 14.2 Å². The molecule has 1 aliphatic rings. The zero-order chi connectivity index (χ0) is 17.8. The van der Waals surface area contributed by atoms with E-state index in [-0.39, 0.29) is 11.6 Å². The number of esters is 2. The van der Waals surface area contributed by atoms with Gasteiger partial charge < -0.3 is 14.2 Å². The Bertz CT molecular complexity index is 881. The molecule has 2 aromatic carbocycles. The summed E-state index contributed by atoms with van der Waals surface area (Å²) >= 11 is 0. The van der Waals surface area contributed by atoms with Crippen molar-refractivity contribution in [1.82, 2.24) is 0 Å². The van der Waals surface area contributed by atoms with Crippen LogP contribution in [0.4, 0.5) is 0 Å². The van der Waals surface area contributed by atoms with Crippen molar-refractivity contribution < 1.29 is 23.8 Å². The summed E-state index contributed by atoms with van der Waals surface area (Å²) in [5.41, 5.74) is 1.51. The second-order valence-corrected chi connectivity index (χ2v) is 5.20. The fourth-order valence-electron chi connectivity index (χ4n) is 2.30. The minimum atomic E-state index is -0.537. The highest BCUT2D eigenvalue weighted by Gasteiger charge is 2.26. The van der Waals surface area contributed by atoms with Crippen LogP contribution in [0.2, 0.25) is 0 Å². The molecule has 0 aromatic heterocycles. The van der Waals surface area contributed by atoms with Gasteiger partial charge in [0.2, 0.25) is 5.90 Å². The second kappa shape index (κ2) is 7.00. The van der Waals surface area contributed by atoms with Crippen LogP contribution < -0.4 is 9.47 Å². The Morgan fingerprint density at radius 2 is 1.84 bits per heavy atom. The molecule has 0 spiro atoms. The van der Waals surface area contributed by atoms with E-state index in [1.807, 2.05) is 12.1 Å². The minimum Gasteiger partial charge on any atom is -0.496 e. The number of carbonyl (C=O) groups is 2. The van der Waals surface area contributed by atoms with Crippen molar-refractivity contribution in [3.63, 3.8) is 0 Å². The first-order chi connectivity index (χ1) is 12.1. The molecule has 0 aliphatic carbocycles. The fraction of sp³-hybridized carbons (Fsp3) is 0.105. The lowest BCUT2D eigenvalue weighted by molar-refractivity contribution is -0.132. The van der Waals surface area contributed by atoms with Crippen molar-refractivity contribution in [2.24, 2.45) is 4.99 Å². The van der Waals surface area contributed by atoms with Gasteiger partial charge in [-0.2, -0.15) is 0 Å². The monoisotopic (exact) mass is 337 g/mol.